The molecule has 0 bridgehead atoms. The maximum Gasteiger partial charge on any atom is 0.354 e. The largest absolute Gasteiger partial charge is 0.464 e. The van der Waals surface area contributed by atoms with Crippen molar-refractivity contribution in [1.29, 1.82) is 0 Å². The molecule has 1 aliphatic heterocycles. The summed E-state index contributed by atoms with van der Waals surface area (Å²) >= 11 is 0. The third kappa shape index (κ3) is 4.46. The van der Waals surface area contributed by atoms with E-state index >= 15 is 0 Å². The first-order chi connectivity index (χ1) is 14.4. The lowest BCUT2D eigenvalue weighted by Gasteiger charge is -2.27. The van der Waals surface area contributed by atoms with Crippen molar-refractivity contribution >= 4 is 17.7 Å². The Morgan fingerprint density at radius 1 is 1.13 bits per heavy atom. The molecular formula is C23H34N2O5. The third-order valence-electron chi connectivity index (χ3n) is 6.54. The summed E-state index contributed by atoms with van der Waals surface area (Å²) in [4.78, 5) is 40.6. The molecule has 1 atom stereocenters. The lowest BCUT2D eigenvalue weighted by molar-refractivity contribution is -0.136. The molecule has 1 saturated heterocycles. The Kier molecular flexibility index (Phi) is 7.34. The summed E-state index contributed by atoms with van der Waals surface area (Å²) in [7, 11) is 1.34. The Morgan fingerprint density at radius 2 is 1.83 bits per heavy atom. The van der Waals surface area contributed by atoms with Crippen molar-refractivity contribution in [2.45, 2.75) is 71.9 Å². The topological polar surface area (TPSA) is 77.8 Å². The molecule has 2 fully saturated rings. The molecule has 0 aromatic carbocycles. The maximum atomic E-state index is 13.4. The number of hydrogen-bond acceptors (Lipinski definition) is 5. The van der Waals surface area contributed by atoms with E-state index in [0.29, 0.717) is 36.5 Å². The summed E-state index contributed by atoms with van der Waals surface area (Å²) in [6, 6.07) is 0. The molecule has 0 spiro atoms. The van der Waals surface area contributed by atoms with E-state index < -0.39 is 5.97 Å². The number of aromatic nitrogens is 1. The van der Waals surface area contributed by atoms with E-state index in [2.05, 4.69) is 0 Å². The van der Waals surface area contributed by atoms with Gasteiger partial charge in [0.05, 0.1) is 19.8 Å². The van der Waals surface area contributed by atoms with Crippen LogP contribution in [0.5, 0.6) is 0 Å². The van der Waals surface area contributed by atoms with E-state index in [1.807, 2.05) is 18.4 Å². The van der Waals surface area contributed by atoms with Gasteiger partial charge in [-0.25, -0.2) is 4.79 Å². The predicted octanol–water partition coefficient (Wildman–Crippen LogP) is 3.29. The first-order valence-electron chi connectivity index (χ1n) is 11.1. The molecule has 1 aliphatic carbocycles. The highest BCUT2D eigenvalue weighted by atomic mass is 16.5. The van der Waals surface area contributed by atoms with Gasteiger partial charge in [0, 0.05) is 36.9 Å². The van der Waals surface area contributed by atoms with Crippen molar-refractivity contribution in [3.05, 3.63) is 22.5 Å². The van der Waals surface area contributed by atoms with Crippen molar-refractivity contribution in [1.82, 2.24) is 9.47 Å². The minimum Gasteiger partial charge on any atom is -0.464 e. The van der Waals surface area contributed by atoms with Crippen LogP contribution < -0.4 is 0 Å². The van der Waals surface area contributed by atoms with E-state index in [0.717, 1.165) is 44.2 Å². The third-order valence-corrected chi connectivity index (χ3v) is 6.54. The first kappa shape index (κ1) is 22.5. The summed E-state index contributed by atoms with van der Waals surface area (Å²) in [5.74, 6) is -0.511. The van der Waals surface area contributed by atoms with Gasteiger partial charge in [-0.2, -0.15) is 0 Å². The zero-order valence-electron chi connectivity index (χ0n) is 18.7. The molecule has 7 nitrogen and oxygen atoms in total. The normalized spacial score (nSPS) is 19.3. The molecule has 1 amide bonds. The van der Waals surface area contributed by atoms with Crippen LogP contribution in [0.3, 0.4) is 0 Å². The van der Waals surface area contributed by atoms with Gasteiger partial charge in [0.15, 0.2) is 5.78 Å². The molecule has 2 heterocycles. The maximum absolute atomic E-state index is 13.4. The van der Waals surface area contributed by atoms with Crippen LogP contribution in [0.15, 0.2) is 0 Å². The molecule has 0 radical (unpaired) electrons. The highest BCUT2D eigenvalue weighted by Gasteiger charge is 2.33. The van der Waals surface area contributed by atoms with E-state index in [1.54, 1.807) is 11.8 Å². The molecular weight excluding hydrogens is 384 g/mol. The van der Waals surface area contributed by atoms with Crippen molar-refractivity contribution < 1.29 is 23.9 Å². The van der Waals surface area contributed by atoms with Crippen molar-refractivity contribution in [3.63, 3.8) is 0 Å². The summed E-state index contributed by atoms with van der Waals surface area (Å²) in [5, 5.41) is 0. The molecule has 3 rings (SSSR count). The SMILES string of the molecule is CCn1c(C)c(C(=O)CN(CC2CCCO2)C(=O)C2CCCC2)c(C)c1C(=O)OC. The molecule has 1 unspecified atom stereocenters. The first-order valence-corrected chi connectivity index (χ1v) is 11.1. The van der Waals surface area contributed by atoms with Gasteiger partial charge in [0.25, 0.3) is 0 Å². The van der Waals surface area contributed by atoms with Crippen molar-refractivity contribution in [2.75, 3.05) is 26.8 Å². The van der Waals surface area contributed by atoms with E-state index in [4.69, 9.17) is 9.47 Å². The molecule has 30 heavy (non-hydrogen) atoms. The Balaban J connectivity index is 1.86. The fourth-order valence-corrected chi connectivity index (χ4v) is 5.01. The standard InChI is InChI=1S/C23H34N2O5/c1-5-25-16(3)20(15(2)21(25)23(28)29-4)19(26)14-24(13-18-11-8-12-30-18)22(27)17-9-6-7-10-17/h17-18H,5-14H2,1-4H3. The number of nitrogens with zero attached hydrogens (tertiary/aromatic N) is 2. The molecule has 166 valence electrons. The lowest BCUT2D eigenvalue weighted by Crippen LogP contribution is -2.43. The number of ketones is 1. The van der Waals surface area contributed by atoms with E-state index in [-0.39, 0.29) is 30.3 Å². The van der Waals surface area contributed by atoms with Gasteiger partial charge in [0.2, 0.25) is 5.91 Å². The smallest absolute Gasteiger partial charge is 0.354 e. The lowest BCUT2D eigenvalue weighted by atomic mass is 10.0. The predicted molar refractivity (Wildman–Crippen MR) is 113 cm³/mol. The van der Waals surface area contributed by atoms with Crippen LogP contribution in [0.4, 0.5) is 0 Å². The Morgan fingerprint density at radius 3 is 2.40 bits per heavy atom. The number of esters is 1. The van der Waals surface area contributed by atoms with E-state index in [1.165, 1.54) is 7.11 Å². The van der Waals surface area contributed by atoms with Crippen LogP contribution in [-0.2, 0) is 20.8 Å². The molecule has 0 N–H and O–H groups in total. The summed E-state index contributed by atoms with van der Waals surface area (Å²) < 4.78 is 12.5. The van der Waals surface area contributed by atoms with Crippen LogP contribution in [0, 0.1) is 19.8 Å². The second-order valence-corrected chi connectivity index (χ2v) is 8.43. The molecule has 1 aromatic rings. The number of hydrogen-bond donors (Lipinski definition) is 0. The average molecular weight is 419 g/mol. The molecule has 1 saturated carbocycles. The molecule has 1 aromatic heterocycles. The summed E-state index contributed by atoms with van der Waals surface area (Å²) in [6.45, 7) is 7.31. The van der Waals surface area contributed by atoms with Gasteiger partial charge in [0.1, 0.15) is 5.69 Å². The van der Waals surface area contributed by atoms with Crippen molar-refractivity contribution in [2.24, 2.45) is 5.92 Å². The fraction of sp³-hybridized carbons (Fsp3) is 0.696. The number of ether oxygens (including phenoxy) is 2. The van der Waals surface area contributed by atoms with Gasteiger partial charge in [-0.3, -0.25) is 9.59 Å². The van der Waals surface area contributed by atoms with Crippen LogP contribution in [-0.4, -0.2) is 60.0 Å². The Labute approximate surface area is 178 Å². The van der Waals surface area contributed by atoms with Crippen LogP contribution in [0.25, 0.3) is 0 Å². The van der Waals surface area contributed by atoms with Gasteiger partial charge >= 0.3 is 5.97 Å². The average Bonchev–Trinajstić information content (AvgIpc) is 3.47. The van der Waals surface area contributed by atoms with Gasteiger partial charge in [-0.05, 0) is 52.0 Å². The van der Waals surface area contributed by atoms with Crippen LogP contribution >= 0.6 is 0 Å². The van der Waals surface area contributed by atoms with Gasteiger partial charge in [-0.1, -0.05) is 12.8 Å². The second-order valence-electron chi connectivity index (χ2n) is 8.43. The number of carbonyl (C=O) groups is 3. The van der Waals surface area contributed by atoms with Crippen LogP contribution in [0.1, 0.15) is 77.6 Å². The van der Waals surface area contributed by atoms with Crippen molar-refractivity contribution in [3.8, 4) is 0 Å². The number of carbonyl (C=O) groups excluding carboxylic acids is 3. The Bertz CT molecular complexity index is 801. The second kappa shape index (κ2) is 9.77. The minimum atomic E-state index is -0.449. The monoisotopic (exact) mass is 418 g/mol. The van der Waals surface area contributed by atoms with E-state index in [9.17, 15) is 14.4 Å². The van der Waals surface area contributed by atoms with Crippen LogP contribution in [0.2, 0.25) is 0 Å². The summed E-state index contributed by atoms with van der Waals surface area (Å²) in [6.07, 6.45) is 5.83. The highest BCUT2D eigenvalue weighted by molar-refractivity contribution is 6.04. The number of amides is 1. The quantitative estimate of drug-likeness (QED) is 0.478. The number of rotatable bonds is 8. The van der Waals surface area contributed by atoms with Gasteiger partial charge < -0.3 is 18.9 Å². The fourth-order valence-electron chi connectivity index (χ4n) is 5.01. The number of methoxy groups -OCH3 is 1. The van der Waals surface area contributed by atoms with Gasteiger partial charge in [-0.15, -0.1) is 0 Å². The summed E-state index contributed by atoms with van der Waals surface area (Å²) in [5.41, 5.74) is 2.30. The number of Topliss-reactive ketones (excluding diaryl/α,β-unsaturated/α-hetero) is 1. The molecule has 7 heteroatoms. The zero-order chi connectivity index (χ0) is 21.8. The molecule has 2 aliphatic rings. The zero-order valence-corrected chi connectivity index (χ0v) is 18.7. The Hall–Kier alpha value is -2.15. The minimum absolute atomic E-state index is 0.00350. The highest BCUT2D eigenvalue weighted by Crippen LogP contribution is 2.28.